The molecule has 3 rings (SSSR count). The first-order chi connectivity index (χ1) is 7.67. The molecule has 3 aliphatic carbocycles. The maximum atomic E-state index is 13.6. The fourth-order valence-electron chi connectivity index (χ4n) is 4.42. The summed E-state index contributed by atoms with van der Waals surface area (Å²) in [4.78, 5) is 0. The molecule has 0 aromatic rings. The van der Waals surface area contributed by atoms with Gasteiger partial charge >= 0.3 is 6.18 Å². The van der Waals surface area contributed by atoms with Gasteiger partial charge in [0.05, 0.1) is 0 Å². The van der Waals surface area contributed by atoms with Crippen LogP contribution in [0, 0.1) is 23.7 Å². The molecular formula is C12H19F3OSi. The zero-order valence-electron chi connectivity index (χ0n) is 10.5. The van der Waals surface area contributed by atoms with Crippen molar-refractivity contribution in [2.24, 2.45) is 23.7 Å². The predicted octanol–water partition coefficient (Wildman–Crippen LogP) is 3.81. The Morgan fingerprint density at radius 3 is 1.88 bits per heavy atom. The highest BCUT2D eigenvalue weighted by molar-refractivity contribution is 6.69. The molecule has 0 spiro atoms. The van der Waals surface area contributed by atoms with Crippen LogP contribution in [-0.2, 0) is 4.43 Å². The van der Waals surface area contributed by atoms with Crippen molar-refractivity contribution in [1.82, 2.24) is 0 Å². The van der Waals surface area contributed by atoms with Crippen LogP contribution in [0.1, 0.15) is 19.3 Å². The lowest BCUT2D eigenvalue weighted by atomic mass is 9.86. The molecule has 3 saturated carbocycles. The number of alkyl halides is 3. The Morgan fingerprint density at radius 2 is 1.53 bits per heavy atom. The normalized spacial score (nSPS) is 48.4. The van der Waals surface area contributed by atoms with Crippen LogP contribution in [0.5, 0.6) is 0 Å². The highest BCUT2D eigenvalue weighted by atomic mass is 28.4. The van der Waals surface area contributed by atoms with E-state index in [0.717, 1.165) is 19.3 Å². The molecular weight excluding hydrogens is 245 g/mol. The lowest BCUT2D eigenvalue weighted by Crippen LogP contribution is -2.57. The van der Waals surface area contributed by atoms with Gasteiger partial charge in [0.25, 0.3) is 0 Å². The second kappa shape index (κ2) is 3.10. The zero-order valence-corrected chi connectivity index (χ0v) is 11.5. The Hall–Kier alpha value is -0.0331. The second-order valence-corrected chi connectivity index (χ2v) is 11.3. The molecule has 0 aromatic heterocycles. The summed E-state index contributed by atoms with van der Waals surface area (Å²) in [5.74, 6) is 0.131. The Bertz CT molecular complexity index is 331. The summed E-state index contributed by atoms with van der Waals surface area (Å²) in [6.45, 7) is 5.59. The van der Waals surface area contributed by atoms with Crippen LogP contribution in [0.2, 0.25) is 19.6 Å². The highest BCUT2D eigenvalue weighted by Crippen LogP contribution is 2.74. The van der Waals surface area contributed by atoms with Crippen molar-refractivity contribution >= 4 is 8.32 Å². The number of hydrogen-bond donors (Lipinski definition) is 0. The van der Waals surface area contributed by atoms with Gasteiger partial charge in [0.15, 0.2) is 13.9 Å². The number of fused-ring (bicyclic) bond motifs is 5. The minimum absolute atomic E-state index is 0.246. The first-order valence-electron chi connectivity index (χ1n) is 6.44. The van der Waals surface area contributed by atoms with E-state index in [0.29, 0.717) is 11.8 Å². The molecule has 0 amide bonds. The van der Waals surface area contributed by atoms with E-state index in [1.54, 1.807) is 0 Å². The number of hydrogen-bond acceptors (Lipinski definition) is 1. The van der Waals surface area contributed by atoms with Crippen LogP contribution < -0.4 is 0 Å². The van der Waals surface area contributed by atoms with Crippen molar-refractivity contribution in [3.63, 3.8) is 0 Å². The molecule has 98 valence electrons. The van der Waals surface area contributed by atoms with Crippen LogP contribution in [0.3, 0.4) is 0 Å². The SMILES string of the molecule is C[Si](C)(C)OC1(C(F)(F)F)[C@@H]2CC[C@H]1[C@@H]1C[C@@H]12. The quantitative estimate of drug-likeness (QED) is 0.689. The van der Waals surface area contributed by atoms with Gasteiger partial charge in [-0.25, -0.2) is 0 Å². The summed E-state index contributed by atoms with van der Waals surface area (Å²) in [6, 6.07) is 0. The van der Waals surface area contributed by atoms with Crippen LogP contribution in [-0.4, -0.2) is 20.1 Å². The minimum atomic E-state index is -4.19. The topological polar surface area (TPSA) is 9.23 Å². The highest BCUT2D eigenvalue weighted by Gasteiger charge is 2.79. The Labute approximate surface area is 101 Å². The molecule has 2 bridgehead atoms. The van der Waals surface area contributed by atoms with E-state index in [-0.39, 0.29) is 11.8 Å². The fourth-order valence-corrected chi connectivity index (χ4v) is 5.86. The molecule has 5 atom stereocenters. The summed E-state index contributed by atoms with van der Waals surface area (Å²) in [7, 11) is -2.18. The third-order valence-electron chi connectivity index (χ3n) is 4.73. The van der Waals surface area contributed by atoms with Crippen LogP contribution in [0.4, 0.5) is 13.2 Å². The molecule has 0 aliphatic heterocycles. The smallest absolute Gasteiger partial charge is 0.403 e. The summed E-state index contributed by atoms with van der Waals surface area (Å²) in [5, 5.41) is 0. The monoisotopic (exact) mass is 264 g/mol. The van der Waals surface area contributed by atoms with Gasteiger partial charge < -0.3 is 4.43 Å². The van der Waals surface area contributed by atoms with Gasteiger partial charge in [-0.3, -0.25) is 0 Å². The van der Waals surface area contributed by atoms with Crippen LogP contribution in [0.15, 0.2) is 0 Å². The molecule has 0 heterocycles. The lowest BCUT2D eigenvalue weighted by molar-refractivity contribution is -0.273. The standard InChI is InChI=1S/C12H19F3OSi/c1-17(2,3)16-11(12(13,14)15)9-4-5-10(11)8-6-7(8)9/h7-10H,4-6H2,1-3H3/t7-,8+,9+,10-,11?. The third kappa shape index (κ3) is 1.47. The van der Waals surface area contributed by atoms with E-state index < -0.39 is 20.1 Å². The van der Waals surface area contributed by atoms with Crippen LogP contribution >= 0.6 is 0 Å². The number of rotatable bonds is 2. The third-order valence-corrected chi connectivity index (χ3v) is 5.68. The molecule has 0 radical (unpaired) electrons. The molecule has 0 saturated heterocycles. The molecule has 1 nitrogen and oxygen atoms in total. The van der Waals surface area contributed by atoms with Crippen molar-refractivity contribution in [3.8, 4) is 0 Å². The maximum absolute atomic E-state index is 13.6. The van der Waals surface area contributed by atoms with E-state index in [2.05, 4.69) is 0 Å². The average molecular weight is 264 g/mol. The van der Waals surface area contributed by atoms with E-state index >= 15 is 0 Å². The summed E-state index contributed by atoms with van der Waals surface area (Å²) in [5.41, 5.74) is -1.77. The van der Waals surface area contributed by atoms with Gasteiger partial charge in [-0.05, 0) is 62.6 Å². The Morgan fingerprint density at radius 1 is 1.06 bits per heavy atom. The van der Waals surface area contributed by atoms with Gasteiger partial charge in [-0.2, -0.15) is 13.2 Å². The Balaban J connectivity index is 1.99. The van der Waals surface area contributed by atoms with Gasteiger partial charge in [0, 0.05) is 0 Å². The fraction of sp³-hybridized carbons (Fsp3) is 1.00. The van der Waals surface area contributed by atoms with Crippen molar-refractivity contribution in [3.05, 3.63) is 0 Å². The minimum Gasteiger partial charge on any atom is -0.403 e. The van der Waals surface area contributed by atoms with Gasteiger partial charge in [-0.15, -0.1) is 0 Å². The molecule has 0 aromatic carbocycles. The van der Waals surface area contributed by atoms with Crippen molar-refractivity contribution in [2.75, 3.05) is 0 Å². The average Bonchev–Trinajstić information content (AvgIpc) is 2.78. The first-order valence-corrected chi connectivity index (χ1v) is 9.84. The molecule has 17 heavy (non-hydrogen) atoms. The molecule has 3 fully saturated rings. The molecule has 0 N–H and O–H groups in total. The van der Waals surface area contributed by atoms with E-state index in [1.165, 1.54) is 0 Å². The van der Waals surface area contributed by atoms with E-state index in [9.17, 15) is 13.2 Å². The maximum Gasteiger partial charge on any atom is 0.416 e. The summed E-state index contributed by atoms with van der Waals surface area (Å²) >= 11 is 0. The van der Waals surface area contributed by atoms with Crippen molar-refractivity contribution in [2.45, 2.75) is 50.7 Å². The van der Waals surface area contributed by atoms with Crippen LogP contribution in [0.25, 0.3) is 0 Å². The zero-order chi connectivity index (χ0) is 12.6. The Kier molecular flexibility index (Phi) is 2.19. The predicted molar refractivity (Wildman–Crippen MR) is 61.0 cm³/mol. The summed E-state index contributed by atoms with van der Waals surface area (Å²) in [6.07, 6.45) is -1.74. The van der Waals surface area contributed by atoms with E-state index in [1.807, 2.05) is 19.6 Å². The molecule has 5 heteroatoms. The molecule has 3 aliphatic rings. The summed E-state index contributed by atoms with van der Waals surface area (Å²) < 4.78 is 46.5. The molecule has 1 unspecified atom stereocenters. The van der Waals surface area contributed by atoms with Crippen molar-refractivity contribution in [1.29, 1.82) is 0 Å². The van der Waals surface area contributed by atoms with Gasteiger partial charge in [0.1, 0.15) is 0 Å². The van der Waals surface area contributed by atoms with E-state index in [4.69, 9.17) is 4.43 Å². The second-order valence-electron chi connectivity index (χ2n) is 6.86. The first kappa shape index (κ1) is 12.0. The van der Waals surface area contributed by atoms with Gasteiger partial charge in [0.2, 0.25) is 0 Å². The number of halogens is 3. The lowest BCUT2D eigenvalue weighted by Gasteiger charge is -2.43. The van der Waals surface area contributed by atoms with Crippen molar-refractivity contribution < 1.29 is 17.6 Å². The largest absolute Gasteiger partial charge is 0.416 e. The van der Waals surface area contributed by atoms with Gasteiger partial charge in [-0.1, -0.05) is 0 Å².